The van der Waals surface area contributed by atoms with Gasteiger partial charge in [0.25, 0.3) is 0 Å². The van der Waals surface area contributed by atoms with Gasteiger partial charge in [-0.15, -0.1) is 0 Å². The summed E-state index contributed by atoms with van der Waals surface area (Å²) >= 11 is 0. The SMILES string of the molecule is O=C(O)[C@@H]1CCCC[C@H]1C(=O)N1CCN(Cc2ccccc2)CC1. The number of nitrogens with zero attached hydrogens (tertiary/aromatic N) is 2. The Morgan fingerprint density at radius 1 is 0.958 bits per heavy atom. The number of benzene rings is 1. The number of hydrogen-bond acceptors (Lipinski definition) is 3. The molecule has 1 aromatic rings. The summed E-state index contributed by atoms with van der Waals surface area (Å²) in [4.78, 5) is 28.4. The van der Waals surface area contributed by atoms with Crippen molar-refractivity contribution in [3.05, 3.63) is 35.9 Å². The summed E-state index contributed by atoms with van der Waals surface area (Å²) in [6.45, 7) is 4.02. The molecule has 1 amide bonds. The number of carbonyl (C=O) groups is 2. The predicted molar refractivity (Wildman–Crippen MR) is 91.4 cm³/mol. The van der Waals surface area contributed by atoms with E-state index in [1.54, 1.807) is 0 Å². The minimum absolute atomic E-state index is 0.0569. The number of hydrogen-bond donors (Lipinski definition) is 1. The van der Waals surface area contributed by atoms with Crippen LogP contribution in [0.2, 0.25) is 0 Å². The lowest BCUT2D eigenvalue weighted by atomic mass is 9.78. The first-order valence-corrected chi connectivity index (χ1v) is 8.93. The third-order valence-electron chi connectivity index (χ3n) is 5.33. The van der Waals surface area contributed by atoms with Gasteiger partial charge < -0.3 is 10.0 Å². The summed E-state index contributed by atoms with van der Waals surface area (Å²) in [6, 6.07) is 10.4. The van der Waals surface area contributed by atoms with Crippen LogP contribution in [0.25, 0.3) is 0 Å². The zero-order valence-corrected chi connectivity index (χ0v) is 14.1. The highest BCUT2D eigenvalue weighted by Crippen LogP contribution is 2.32. The van der Waals surface area contributed by atoms with Gasteiger partial charge in [-0.25, -0.2) is 0 Å². The zero-order valence-electron chi connectivity index (χ0n) is 14.1. The quantitative estimate of drug-likeness (QED) is 0.919. The molecule has 130 valence electrons. The number of piperazine rings is 1. The smallest absolute Gasteiger partial charge is 0.307 e. The van der Waals surface area contributed by atoms with Gasteiger partial charge >= 0.3 is 5.97 Å². The third-order valence-corrected chi connectivity index (χ3v) is 5.33. The highest BCUT2D eigenvalue weighted by atomic mass is 16.4. The Hall–Kier alpha value is -1.88. The molecule has 1 aliphatic heterocycles. The van der Waals surface area contributed by atoms with E-state index in [4.69, 9.17) is 0 Å². The van der Waals surface area contributed by atoms with Crippen LogP contribution in [0.4, 0.5) is 0 Å². The molecular weight excluding hydrogens is 304 g/mol. The second-order valence-electron chi connectivity index (χ2n) is 6.92. The van der Waals surface area contributed by atoms with Gasteiger partial charge in [-0.3, -0.25) is 14.5 Å². The van der Waals surface area contributed by atoms with Gasteiger partial charge in [0, 0.05) is 32.7 Å². The molecule has 24 heavy (non-hydrogen) atoms. The van der Waals surface area contributed by atoms with Crippen molar-refractivity contribution >= 4 is 11.9 Å². The van der Waals surface area contributed by atoms with Crippen molar-refractivity contribution in [1.29, 1.82) is 0 Å². The Kier molecular flexibility index (Phi) is 5.51. The number of carboxylic acids is 1. The molecule has 0 radical (unpaired) electrons. The van der Waals surface area contributed by atoms with Crippen LogP contribution < -0.4 is 0 Å². The topological polar surface area (TPSA) is 60.9 Å². The highest BCUT2D eigenvalue weighted by Gasteiger charge is 2.38. The molecule has 1 saturated carbocycles. The molecule has 0 unspecified atom stereocenters. The van der Waals surface area contributed by atoms with Gasteiger partial charge in [0.05, 0.1) is 11.8 Å². The van der Waals surface area contributed by atoms with Crippen molar-refractivity contribution in [2.24, 2.45) is 11.8 Å². The molecule has 1 aromatic carbocycles. The molecule has 2 atom stereocenters. The van der Waals surface area contributed by atoms with Gasteiger partial charge in [0.1, 0.15) is 0 Å². The molecule has 2 aliphatic rings. The van der Waals surface area contributed by atoms with E-state index >= 15 is 0 Å². The Bertz CT molecular complexity index is 567. The van der Waals surface area contributed by atoms with Crippen molar-refractivity contribution in [2.75, 3.05) is 26.2 Å². The first-order chi connectivity index (χ1) is 11.6. The molecular formula is C19H26N2O3. The number of carbonyl (C=O) groups excluding carboxylic acids is 1. The van der Waals surface area contributed by atoms with Gasteiger partial charge in [0.15, 0.2) is 0 Å². The van der Waals surface area contributed by atoms with Gasteiger partial charge in [-0.05, 0) is 18.4 Å². The lowest BCUT2D eigenvalue weighted by Gasteiger charge is -2.38. The first kappa shape index (κ1) is 17.0. The van der Waals surface area contributed by atoms with E-state index in [1.807, 2.05) is 23.1 Å². The molecule has 0 spiro atoms. The molecule has 1 saturated heterocycles. The van der Waals surface area contributed by atoms with Crippen molar-refractivity contribution in [1.82, 2.24) is 9.80 Å². The van der Waals surface area contributed by atoms with Crippen LogP contribution in [0, 0.1) is 11.8 Å². The number of rotatable bonds is 4. The fourth-order valence-electron chi connectivity index (χ4n) is 3.92. The average Bonchev–Trinajstić information content (AvgIpc) is 2.62. The molecule has 0 aromatic heterocycles. The fraction of sp³-hybridized carbons (Fsp3) is 0.579. The van der Waals surface area contributed by atoms with E-state index in [0.717, 1.165) is 38.9 Å². The Labute approximate surface area is 143 Å². The summed E-state index contributed by atoms with van der Waals surface area (Å²) in [6.07, 6.45) is 3.25. The monoisotopic (exact) mass is 330 g/mol. The maximum atomic E-state index is 12.8. The Morgan fingerprint density at radius 2 is 1.58 bits per heavy atom. The second-order valence-corrected chi connectivity index (χ2v) is 6.92. The molecule has 3 rings (SSSR count). The van der Waals surface area contributed by atoms with Crippen LogP contribution in [0.3, 0.4) is 0 Å². The molecule has 1 aliphatic carbocycles. The van der Waals surface area contributed by atoms with Crippen molar-refractivity contribution in [3.8, 4) is 0 Å². The minimum Gasteiger partial charge on any atom is -0.481 e. The second kappa shape index (κ2) is 7.79. The van der Waals surface area contributed by atoms with Crippen LogP contribution >= 0.6 is 0 Å². The first-order valence-electron chi connectivity index (χ1n) is 8.93. The number of carboxylic acid groups (broad SMARTS) is 1. The Balaban J connectivity index is 1.54. The molecule has 1 heterocycles. The van der Waals surface area contributed by atoms with Crippen LogP contribution in [-0.4, -0.2) is 53.0 Å². The van der Waals surface area contributed by atoms with Gasteiger partial charge in [-0.2, -0.15) is 0 Å². The summed E-state index contributed by atoms with van der Waals surface area (Å²) in [5.74, 6) is -1.57. The predicted octanol–water partition coefficient (Wildman–Crippen LogP) is 2.22. The van der Waals surface area contributed by atoms with Gasteiger partial charge in [0.2, 0.25) is 5.91 Å². The standard InChI is InChI=1S/C19H26N2O3/c22-18(16-8-4-5-9-17(16)19(23)24)21-12-10-20(11-13-21)14-15-6-2-1-3-7-15/h1-3,6-7,16-17H,4-5,8-14H2,(H,23,24)/t16-,17-/m1/s1. The average molecular weight is 330 g/mol. The van der Waals surface area contributed by atoms with E-state index in [2.05, 4.69) is 17.0 Å². The third kappa shape index (κ3) is 3.96. The van der Waals surface area contributed by atoms with Crippen LogP contribution in [-0.2, 0) is 16.1 Å². The molecule has 5 heteroatoms. The minimum atomic E-state index is -0.809. The molecule has 5 nitrogen and oxygen atoms in total. The summed E-state index contributed by atoms with van der Waals surface area (Å²) in [5.41, 5.74) is 1.29. The summed E-state index contributed by atoms with van der Waals surface area (Å²) < 4.78 is 0. The van der Waals surface area contributed by atoms with Crippen molar-refractivity contribution in [2.45, 2.75) is 32.2 Å². The Morgan fingerprint density at radius 3 is 2.21 bits per heavy atom. The highest BCUT2D eigenvalue weighted by molar-refractivity contribution is 5.85. The zero-order chi connectivity index (χ0) is 16.9. The van der Waals surface area contributed by atoms with E-state index in [1.165, 1.54) is 5.56 Å². The van der Waals surface area contributed by atoms with E-state index < -0.39 is 11.9 Å². The summed E-state index contributed by atoms with van der Waals surface area (Å²) in [7, 11) is 0. The summed E-state index contributed by atoms with van der Waals surface area (Å²) in [5, 5.41) is 9.38. The van der Waals surface area contributed by atoms with Crippen molar-refractivity contribution in [3.63, 3.8) is 0 Å². The molecule has 1 N–H and O–H groups in total. The van der Waals surface area contributed by atoms with Crippen LogP contribution in [0.1, 0.15) is 31.2 Å². The maximum Gasteiger partial charge on any atom is 0.307 e. The lowest BCUT2D eigenvalue weighted by Crippen LogP contribution is -2.51. The fourth-order valence-corrected chi connectivity index (χ4v) is 3.92. The molecule has 2 fully saturated rings. The van der Waals surface area contributed by atoms with Crippen molar-refractivity contribution < 1.29 is 14.7 Å². The molecule has 0 bridgehead atoms. The largest absolute Gasteiger partial charge is 0.481 e. The van der Waals surface area contributed by atoms with E-state index in [0.29, 0.717) is 19.5 Å². The normalized spacial score (nSPS) is 25.4. The van der Waals surface area contributed by atoms with Gasteiger partial charge in [-0.1, -0.05) is 43.2 Å². The number of aliphatic carboxylic acids is 1. The van der Waals surface area contributed by atoms with Crippen LogP contribution in [0.15, 0.2) is 30.3 Å². The van der Waals surface area contributed by atoms with E-state index in [9.17, 15) is 14.7 Å². The van der Waals surface area contributed by atoms with E-state index in [-0.39, 0.29) is 11.8 Å². The number of amides is 1. The van der Waals surface area contributed by atoms with Crippen LogP contribution in [0.5, 0.6) is 0 Å². The maximum absolute atomic E-state index is 12.8. The lowest BCUT2D eigenvalue weighted by molar-refractivity contribution is -0.153.